The maximum Gasteiger partial charge on any atom is 0.422 e. The minimum Gasteiger partial charge on any atom is -0.452 e. The molecule has 0 unspecified atom stereocenters. The number of alkyl halides is 3. The second kappa shape index (κ2) is 6.50. The molecule has 0 spiro atoms. The molecule has 5 heteroatoms. The van der Waals surface area contributed by atoms with Gasteiger partial charge in [0.1, 0.15) is 0 Å². The predicted octanol–water partition coefficient (Wildman–Crippen LogP) is 4.79. The summed E-state index contributed by atoms with van der Waals surface area (Å²) in [6, 6.07) is 4.92. The lowest BCUT2D eigenvalue weighted by atomic mass is 9.78. The molecule has 0 N–H and O–H groups in total. The number of carbonyl (C=O) groups is 1. The van der Waals surface area contributed by atoms with Gasteiger partial charge in [-0.3, -0.25) is 0 Å². The smallest absolute Gasteiger partial charge is 0.422 e. The van der Waals surface area contributed by atoms with E-state index in [-0.39, 0.29) is 11.0 Å². The Morgan fingerprint density at radius 1 is 1.24 bits per heavy atom. The number of benzene rings is 1. The Morgan fingerprint density at radius 3 is 2.33 bits per heavy atom. The Hall–Kier alpha value is -1.52. The number of aryl methyl sites for hydroxylation is 1. The molecule has 1 aromatic carbocycles. The van der Waals surface area contributed by atoms with Crippen LogP contribution in [0.5, 0.6) is 0 Å². The fraction of sp³-hybridized carbons (Fsp3) is 0.562. The van der Waals surface area contributed by atoms with Gasteiger partial charge in [0.05, 0.1) is 5.56 Å². The van der Waals surface area contributed by atoms with Gasteiger partial charge in [-0.05, 0) is 42.0 Å². The van der Waals surface area contributed by atoms with Crippen LogP contribution in [0.1, 0.15) is 55.1 Å². The van der Waals surface area contributed by atoms with E-state index < -0.39 is 18.8 Å². The lowest BCUT2D eigenvalue weighted by Crippen LogP contribution is -2.21. The highest BCUT2D eigenvalue weighted by molar-refractivity contribution is 5.89. The van der Waals surface area contributed by atoms with E-state index in [2.05, 4.69) is 25.5 Å². The highest BCUT2D eigenvalue weighted by Gasteiger charge is 2.30. The SMILES string of the molecule is CCCC(C)(C)c1ccc(C(=O)OCC(F)(F)F)cc1C. The molecule has 2 nitrogen and oxygen atoms in total. The number of hydrogen-bond acceptors (Lipinski definition) is 2. The van der Waals surface area contributed by atoms with Gasteiger partial charge in [-0.25, -0.2) is 4.79 Å². The van der Waals surface area contributed by atoms with Crippen LogP contribution in [-0.2, 0) is 10.2 Å². The van der Waals surface area contributed by atoms with E-state index >= 15 is 0 Å². The Labute approximate surface area is 123 Å². The summed E-state index contributed by atoms with van der Waals surface area (Å²) >= 11 is 0. The summed E-state index contributed by atoms with van der Waals surface area (Å²) in [5.41, 5.74) is 2.09. The first-order valence-electron chi connectivity index (χ1n) is 6.92. The van der Waals surface area contributed by atoms with Crippen molar-refractivity contribution in [3.63, 3.8) is 0 Å². The summed E-state index contributed by atoms with van der Waals surface area (Å²) in [4.78, 5) is 11.6. The zero-order valence-corrected chi connectivity index (χ0v) is 12.8. The molecule has 0 aliphatic carbocycles. The van der Waals surface area contributed by atoms with Crippen molar-refractivity contribution in [3.8, 4) is 0 Å². The van der Waals surface area contributed by atoms with Crippen molar-refractivity contribution in [2.45, 2.75) is 52.1 Å². The molecule has 0 amide bonds. The highest BCUT2D eigenvalue weighted by Crippen LogP contribution is 2.31. The molecule has 0 saturated carbocycles. The van der Waals surface area contributed by atoms with Gasteiger partial charge >= 0.3 is 12.1 Å². The van der Waals surface area contributed by atoms with Crippen LogP contribution in [0.2, 0.25) is 0 Å². The maximum atomic E-state index is 12.0. The second-order valence-electron chi connectivity index (χ2n) is 5.85. The number of ether oxygens (including phenoxy) is 1. The average Bonchev–Trinajstić information content (AvgIpc) is 2.34. The zero-order valence-electron chi connectivity index (χ0n) is 12.8. The van der Waals surface area contributed by atoms with Crippen LogP contribution in [0.15, 0.2) is 18.2 Å². The second-order valence-corrected chi connectivity index (χ2v) is 5.85. The number of halogens is 3. The molecule has 0 atom stereocenters. The summed E-state index contributed by atoms with van der Waals surface area (Å²) in [5.74, 6) is -0.949. The monoisotopic (exact) mass is 302 g/mol. The van der Waals surface area contributed by atoms with Crippen LogP contribution in [0.3, 0.4) is 0 Å². The quantitative estimate of drug-likeness (QED) is 0.731. The molecule has 0 bridgehead atoms. The Bertz CT molecular complexity index is 505. The maximum absolute atomic E-state index is 12.0. The number of hydrogen-bond donors (Lipinski definition) is 0. The topological polar surface area (TPSA) is 26.3 Å². The minimum atomic E-state index is -4.51. The molecular formula is C16H21F3O2. The third-order valence-electron chi connectivity index (χ3n) is 3.43. The lowest BCUT2D eigenvalue weighted by molar-refractivity contribution is -0.161. The Balaban J connectivity index is 2.90. The first-order chi connectivity index (χ1) is 9.57. The fourth-order valence-corrected chi connectivity index (χ4v) is 2.54. The largest absolute Gasteiger partial charge is 0.452 e. The fourth-order valence-electron chi connectivity index (χ4n) is 2.54. The van der Waals surface area contributed by atoms with Crippen molar-refractivity contribution in [1.82, 2.24) is 0 Å². The Kier molecular flexibility index (Phi) is 5.42. The van der Waals surface area contributed by atoms with Crippen molar-refractivity contribution in [2.75, 3.05) is 6.61 Å². The molecule has 0 aromatic heterocycles. The molecular weight excluding hydrogens is 281 g/mol. The molecule has 118 valence electrons. The molecule has 1 rings (SSSR count). The normalized spacial score (nSPS) is 12.3. The number of carbonyl (C=O) groups excluding carboxylic acids is 1. The van der Waals surface area contributed by atoms with Crippen LogP contribution in [0.4, 0.5) is 13.2 Å². The molecule has 0 saturated heterocycles. The van der Waals surface area contributed by atoms with E-state index in [0.29, 0.717) is 0 Å². The molecule has 0 fully saturated rings. The van der Waals surface area contributed by atoms with Gasteiger partial charge in [0.25, 0.3) is 0 Å². The van der Waals surface area contributed by atoms with E-state index in [0.717, 1.165) is 24.0 Å². The first-order valence-corrected chi connectivity index (χ1v) is 6.92. The van der Waals surface area contributed by atoms with Gasteiger partial charge in [0.2, 0.25) is 0 Å². The molecule has 0 aliphatic heterocycles. The highest BCUT2D eigenvalue weighted by atomic mass is 19.4. The van der Waals surface area contributed by atoms with Gasteiger partial charge < -0.3 is 4.74 Å². The van der Waals surface area contributed by atoms with Gasteiger partial charge in [0.15, 0.2) is 6.61 Å². The van der Waals surface area contributed by atoms with E-state index in [4.69, 9.17) is 0 Å². The molecule has 1 aromatic rings. The van der Waals surface area contributed by atoms with Crippen molar-refractivity contribution < 1.29 is 22.7 Å². The van der Waals surface area contributed by atoms with E-state index in [1.807, 2.05) is 6.92 Å². The number of rotatable bonds is 5. The van der Waals surface area contributed by atoms with Crippen molar-refractivity contribution in [2.24, 2.45) is 0 Å². The molecule has 0 aliphatic rings. The summed E-state index contributed by atoms with van der Waals surface area (Å²) in [5, 5.41) is 0. The third kappa shape index (κ3) is 5.06. The van der Waals surface area contributed by atoms with Gasteiger partial charge in [-0.15, -0.1) is 0 Å². The average molecular weight is 302 g/mol. The van der Waals surface area contributed by atoms with Crippen LogP contribution in [0.25, 0.3) is 0 Å². The van der Waals surface area contributed by atoms with E-state index in [1.165, 1.54) is 6.07 Å². The summed E-state index contributed by atoms with van der Waals surface area (Å²) < 4.78 is 40.4. The van der Waals surface area contributed by atoms with Crippen molar-refractivity contribution in [3.05, 3.63) is 34.9 Å². The minimum absolute atomic E-state index is 0.0345. The number of esters is 1. The van der Waals surface area contributed by atoms with Crippen LogP contribution in [-0.4, -0.2) is 18.8 Å². The molecule has 21 heavy (non-hydrogen) atoms. The van der Waals surface area contributed by atoms with Gasteiger partial charge in [-0.1, -0.05) is 33.3 Å². The lowest BCUT2D eigenvalue weighted by Gasteiger charge is -2.27. The standard InChI is InChI=1S/C16H21F3O2/c1-5-8-15(3,4)13-7-6-12(9-11(13)2)14(20)21-10-16(17,18)19/h6-7,9H,5,8,10H2,1-4H3. The van der Waals surface area contributed by atoms with E-state index in [1.54, 1.807) is 12.1 Å². The molecule has 0 radical (unpaired) electrons. The van der Waals surface area contributed by atoms with Crippen molar-refractivity contribution in [1.29, 1.82) is 0 Å². The third-order valence-corrected chi connectivity index (χ3v) is 3.43. The van der Waals surface area contributed by atoms with Crippen molar-refractivity contribution >= 4 is 5.97 Å². The van der Waals surface area contributed by atoms with Crippen LogP contribution < -0.4 is 0 Å². The van der Waals surface area contributed by atoms with Crippen LogP contribution >= 0.6 is 0 Å². The summed E-state index contributed by atoms with van der Waals surface area (Å²) in [7, 11) is 0. The first kappa shape index (κ1) is 17.5. The predicted molar refractivity (Wildman–Crippen MR) is 75.5 cm³/mol. The van der Waals surface area contributed by atoms with Gasteiger partial charge in [0, 0.05) is 0 Å². The zero-order chi connectivity index (χ0) is 16.3. The van der Waals surface area contributed by atoms with E-state index in [9.17, 15) is 18.0 Å². The van der Waals surface area contributed by atoms with Crippen LogP contribution in [0, 0.1) is 6.92 Å². The Morgan fingerprint density at radius 2 is 1.86 bits per heavy atom. The van der Waals surface area contributed by atoms with Gasteiger partial charge in [-0.2, -0.15) is 13.2 Å². The summed E-state index contributed by atoms with van der Waals surface area (Å²) in [6.45, 7) is 6.61. The summed E-state index contributed by atoms with van der Waals surface area (Å²) in [6.07, 6.45) is -2.48. The molecule has 0 heterocycles.